The summed E-state index contributed by atoms with van der Waals surface area (Å²) in [5.41, 5.74) is 0.769. The molecule has 3 rings (SSSR count). The van der Waals surface area contributed by atoms with E-state index in [0.717, 1.165) is 31.2 Å². The highest BCUT2D eigenvalue weighted by atomic mass is 35.5. The maximum atomic E-state index is 12.1. The van der Waals surface area contributed by atoms with Crippen LogP contribution in [0.5, 0.6) is 0 Å². The van der Waals surface area contributed by atoms with E-state index >= 15 is 0 Å². The molecule has 0 unspecified atom stereocenters. The number of benzene rings is 1. The van der Waals surface area contributed by atoms with Crippen LogP contribution < -0.4 is 0 Å². The van der Waals surface area contributed by atoms with Gasteiger partial charge in [-0.1, -0.05) is 11.6 Å². The van der Waals surface area contributed by atoms with Crippen molar-refractivity contribution in [3.63, 3.8) is 0 Å². The number of halogens is 1. The van der Waals surface area contributed by atoms with Crippen LogP contribution in [0.3, 0.4) is 0 Å². The van der Waals surface area contributed by atoms with E-state index in [1.807, 2.05) is 12.1 Å². The lowest BCUT2D eigenvalue weighted by molar-refractivity contribution is 0.0921. The summed E-state index contributed by atoms with van der Waals surface area (Å²) in [5.74, 6) is 0.214. The van der Waals surface area contributed by atoms with Crippen LogP contribution in [0.4, 0.5) is 0 Å². The Kier molecular flexibility index (Phi) is 4.39. The van der Waals surface area contributed by atoms with E-state index in [9.17, 15) is 4.79 Å². The molecule has 1 aliphatic carbocycles. The third kappa shape index (κ3) is 3.60. The minimum Gasteiger partial charge on any atom is -0.300 e. The second-order valence-electron chi connectivity index (χ2n) is 5.79. The highest BCUT2D eigenvalue weighted by Crippen LogP contribution is 2.27. The highest BCUT2D eigenvalue weighted by Gasteiger charge is 2.31. The summed E-state index contributed by atoms with van der Waals surface area (Å²) in [6, 6.07) is 8.06. The van der Waals surface area contributed by atoms with Crippen molar-refractivity contribution in [2.75, 3.05) is 32.7 Å². The lowest BCUT2D eigenvalue weighted by atomic mass is 10.1. The number of rotatable bonds is 5. The molecule has 0 radical (unpaired) electrons. The molecule has 3 nitrogen and oxygen atoms in total. The minimum absolute atomic E-state index is 0.214. The van der Waals surface area contributed by atoms with Gasteiger partial charge >= 0.3 is 0 Å². The van der Waals surface area contributed by atoms with E-state index in [2.05, 4.69) is 9.80 Å². The molecule has 1 saturated heterocycles. The van der Waals surface area contributed by atoms with Gasteiger partial charge in [0.15, 0.2) is 5.78 Å². The first-order valence-electron chi connectivity index (χ1n) is 7.47. The first kappa shape index (κ1) is 14.1. The largest absolute Gasteiger partial charge is 0.300 e. The standard InChI is InChI=1S/C16H21ClN2O/c17-14-3-1-13(2-4-14)16(20)7-8-18-9-11-19(12-10-18)15-5-6-15/h1-4,15H,5-12H2. The van der Waals surface area contributed by atoms with E-state index in [1.54, 1.807) is 12.1 Å². The maximum Gasteiger partial charge on any atom is 0.164 e. The van der Waals surface area contributed by atoms with Crippen molar-refractivity contribution in [2.45, 2.75) is 25.3 Å². The van der Waals surface area contributed by atoms with Gasteiger partial charge in [0.2, 0.25) is 0 Å². The normalized spacial score (nSPS) is 21.1. The van der Waals surface area contributed by atoms with Gasteiger partial charge in [-0.2, -0.15) is 0 Å². The topological polar surface area (TPSA) is 23.6 Å². The second-order valence-corrected chi connectivity index (χ2v) is 6.23. The molecule has 0 spiro atoms. The van der Waals surface area contributed by atoms with E-state index in [1.165, 1.54) is 25.9 Å². The quantitative estimate of drug-likeness (QED) is 0.780. The molecule has 1 aromatic rings. The predicted molar refractivity (Wildman–Crippen MR) is 81.4 cm³/mol. The predicted octanol–water partition coefficient (Wildman–Crippen LogP) is 2.69. The Hall–Kier alpha value is -0.900. The molecule has 0 amide bonds. The Morgan fingerprint density at radius 2 is 1.75 bits per heavy atom. The molecule has 1 aromatic carbocycles. The van der Waals surface area contributed by atoms with Crippen molar-refractivity contribution in [1.82, 2.24) is 9.80 Å². The van der Waals surface area contributed by atoms with Crippen LogP contribution in [0, 0.1) is 0 Å². The van der Waals surface area contributed by atoms with Crippen LogP contribution in [-0.4, -0.2) is 54.3 Å². The molecule has 0 N–H and O–H groups in total. The van der Waals surface area contributed by atoms with Gasteiger partial charge in [0.25, 0.3) is 0 Å². The number of hydrogen-bond acceptors (Lipinski definition) is 3. The molecule has 2 aliphatic rings. The van der Waals surface area contributed by atoms with Crippen LogP contribution in [0.1, 0.15) is 29.6 Å². The Morgan fingerprint density at radius 3 is 2.35 bits per heavy atom. The smallest absolute Gasteiger partial charge is 0.164 e. The van der Waals surface area contributed by atoms with Crippen molar-refractivity contribution in [2.24, 2.45) is 0 Å². The summed E-state index contributed by atoms with van der Waals surface area (Å²) < 4.78 is 0. The first-order chi connectivity index (χ1) is 9.72. The van der Waals surface area contributed by atoms with Crippen LogP contribution >= 0.6 is 11.6 Å². The second kappa shape index (κ2) is 6.25. The molecule has 1 aliphatic heterocycles. The number of carbonyl (C=O) groups excluding carboxylic acids is 1. The molecule has 4 heteroatoms. The summed E-state index contributed by atoms with van der Waals surface area (Å²) in [6.07, 6.45) is 3.37. The number of Topliss-reactive ketones (excluding diaryl/α,β-unsaturated/α-hetero) is 1. The minimum atomic E-state index is 0.214. The van der Waals surface area contributed by atoms with E-state index in [-0.39, 0.29) is 5.78 Å². The SMILES string of the molecule is O=C(CCN1CCN(C2CC2)CC1)c1ccc(Cl)cc1. The van der Waals surface area contributed by atoms with Crippen LogP contribution in [0.15, 0.2) is 24.3 Å². The molecule has 1 heterocycles. The van der Waals surface area contributed by atoms with Crippen molar-refractivity contribution < 1.29 is 4.79 Å². The number of carbonyl (C=O) groups is 1. The maximum absolute atomic E-state index is 12.1. The van der Waals surface area contributed by atoms with Gasteiger partial charge in [0.1, 0.15) is 0 Å². The number of nitrogens with zero attached hydrogens (tertiary/aromatic N) is 2. The molecule has 0 bridgehead atoms. The van der Waals surface area contributed by atoms with E-state index < -0.39 is 0 Å². The molecular formula is C16H21ClN2O. The number of hydrogen-bond donors (Lipinski definition) is 0. The van der Waals surface area contributed by atoms with Gasteiger partial charge in [-0.3, -0.25) is 9.69 Å². The summed E-state index contributed by atoms with van der Waals surface area (Å²) in [4.78, 5) is 17.1. The van der Waals surface area contributed by atoms with Crippen LogP contribution in [-0.2, 0) is 0 Å². The zero-order chi connectivity index (χ0) is 13.9. The molecule has 20 heavy (non-hydrogen) atoms. The molecule has 0 aromatic heterocycles. The third-order valence-corrected chi connectivity index (χ3v) is 4.54. The average Bonchev–Trinajstić information content (AvgIpc) is 3.31. The van der Waals surface area contributed by atoms with Crippen LogP contribution in [0.25, 0.3) is 0 Å². The van der Waals surface area contributed by atoms with Gasteiger partial charge in [0.05, 0.1) is 0 Å². The molecule has 1 saturated carbocycles. The zero-order valence-corrected chi connectivity index (χ0v) is 12.5. The van der Waals surface area contributed by atoms with E-state index in [0.29, 0.717) is 11.4 Å². The van der Waals surface area contributed by atoms with Gasteiger partial charge in [-0.15, -0.1) is 0 Å². The molecule has 2 fully saturated rings. The Balaban J connectivity index is 1.43. The third-order valence-electron chi connectivity index (χ3n) is 4.29. The fourth-order valence-electron chi connectivity index (χ4n) is 2.83. The summed E-state index contributed by atoms with van der Waals surface area (Å²) in [6.45, 7) is 5.41. The first-order valence-corrected chi connectivity index (χ1v) is 7.85. The van der Waals surface area contributed by atoms with Crippen molar-refractivity contribution in [1.29, 1.82) is 0 Å². The van der Waals surface area contributed by atoms with Gasteiger partial charge < -0.3 is 4.90 Å². The summed E-state index contributed by atoms with van der Waals surface area (Å²) >= 11 is 5.84. The zero-order valence-electron chi connectivity index (χ0n) is 11.7. The molecular weight excluding hydrogens is 272 g/mol. The number of ketones is 1. The fraction of sp³-hybridized carbons (Fsp3) is 0.562. The molecule has 108 valence electrons. The van der Waals surface area contributed by atoms with E-state index in [4.69, 9.17) is 11.6 Å². The molecule has 0 atom stereocenters. The summed E-state index contributed by atoms with van der Waals surface area (Å²) in [5, 5.41) is 0.678. The Bertz CT molecular complexity index is 462. The monoisotopic (exact) mass is 292 g/mol. The van der Waals surface area contributed by atoms with Gasteiger partial charge in [-0.25, -0.2) is 0 Å². The average molecular weight is 293 g/mol. The van der Waals surface area contributed by atoms with Gasteiger partial charge in [0, 0.05) is 55.8 Å². The highest BCUT2D eigenvalue weighted by molar-refractivity contribution is 6.30. The lowest BCUT2D eigenvalue weighted by Crippen LogP contribution is -2.47. The van der Waals surface area contributed by atoms with Crippen molar-refractivity contribution in [3.05, 3.63) is 34.9 Å². The van der Waals surface area contributed by atoms with Crippen molar-refractivity contribution in [3.8, 4) is 0 Å². The van der Waals surface area contributed by atoms with Crippen molar-refractivity contribution >= 4 is 17.4 Å². The Morgan fingerprint density at radius 1 is 1.10 bits per heavy atom. The lowest BCUT2D eigenvalue weighted by Gasteiger charge is -2.34. The Labute approximate surface area is 125 Å². The van der Waals surface area contributed by atoms with Crippen LogP contribution in [0.2, 0.25) is 5.02 Å². The summed E-state index contributed by atoms with van der Waals surface area (Å²) in [7, 11) is 0. The number of piperazine rings is 1. The van der Waals surface area contributed by atoms with Gasteiger partial charge in [-0.05, 0) is 37.1 Å². The fourth-order valence-corrected chi connectivity index (χ4v) is 2.96.